The number of hydrogen-bond donors (Lipinski definition) is 3. The standard InChI is InChI=1S/C40H44N12O6/c1-7-50-29(15-22(3)47-50)37-43-21-27-26-17-24(35(41)53)18-31(57-6)34(26)49(39(27)45-37)12-10-9-11-28-38(46-40(55)30-16-23(4)48-51(30)8-2)44-32-19-25(36(42)54)20-33(52(28)32)58-14-13-56-5/h9-10,15-21H,7-8,11-14H2,1-6H3,(H2,41,53)(H2,42,54)(H,46,55)/b10-9+. The van der Waals surface area contributed by atoms with Gasteiger partial charge in [-0.25, -0.2) is 15.0 Å². The van der Waals surface area contributed by atoms with Crippen LogP contribution in [-0.2, 0) is 30.8 Å². The second-order valence-corrected chi connectivity index (χ2v) is 13.5. The van der Waals surface area contributed by atoms with Gasteiger partial charge in [0.2, 0.25) is 11.8 Å². The number of aromatic nitrogens is 9. The number of nitrogens with one attached hydrogen (secondary N) is 1. The molecule has 6 heterocycles. The van der Waals surface area contributed by atoms with E-state index in [0.29, 0.717) is 75.9 Å². The molecule has 0 atom stereocenters. The molecule has 7 rings (SSSR count). The van der Waals surface area contributed by atoms with Gasteiger partial charge in [-0.15, -0.1) is 0 Å². The minimum Gasteiger partial charge on any atom is -0.495 e. The lowest BCUT2D eigenvalue weighted by Gasteiger charge is -2.12. The van der Waals surface area contributed by atoms with Crippen LogP contribution in [0.2, 0.25) is 0 Å². The number of carbonyl (C=O) groups excluding carboxylic acids is 3. The van der Waals surface area contributed by atoms with Crippen molar-refractivity contribution in [3.8, 4) is 23.1 Å². The highest BCUT2D eigenvalue weighted by atomic mass is 16.5. The van der Waals surface area contributed by atoms with Gasteiger partial charge in [0.15, 0.2) is 17.5 Å². The third-order valence-corrected chi connectivity index (χ3v) is 9.63. The van der Waals surface area contributed by atoms with Gasteiger partial charge in [0.1, 0.15) is 35.0 Å². The molecular weight excluding hydrogens is 745 g/mol. The van der Waals surface area contributed by atoms with Crippen LogP contribution in [-0.4, -0.2) is 88.6 Å². The number of ether oxygens (including phenoxy) is 3. The van der Waals surface area contributed by atoms with Gasteiger partial charge in [0, 0.05) is 67.3 Å². The van der Waals surface area contributed by atoms with E-state index in [1.54, 1.807) is 46.7 Å². The molecule has 0 saturated carbocycles. The number of pyridine rings is 1. The van der Waals surface area contributed by atoms with Crippen LogP contribution in [0.15, 0.2) is 54.7 Å². The Morgan fingerprint density at radius 3 is 2.28 bits per heavy atom. The number of rotatable bonds is 16. The third-order valence-electron chi connectivity index (χ3n) is 9.63. The van der Waals surface area contributed by atoms with Crippen LogP contribution in [0.1, 0.15) is 62.1 Å². The summed E-state index contributed by atoms with van der Waals surface area (Å²) in [4.78, 5) is 53.0. The summed E-state index contributed by atoms with van der Waals surface area (Å²) in [7, 11) is 3.09. The lowest BCUT2D eigenvalue weighted by Crippen LogP contribution is -2.18. The molecule has 0 aliphatic carbocycles. The Bertz CT molecular complexity index is 2760. The van der Waals surface area contributed by atoms with E-state index in [1.807, 2.05) is 55.2 Å². The SMILES string of the molecule is CCn1nc(C)cc1C(=O)Nc1nc2cc(C(N)=O)cc(OCCOC)n2c1C/C=C/Cn1c2nc(-c3cc(C)nn3CC)ncc2c2cc(C(N)=O)cc(OC)c21. The summed E-state index contributed by atoms with van der Waals surface area (Å²) in [5.41, 5.74) is 16.8. The number of allylic oxidation sites excluding steroid dienone is 2. The summed E-state index contributed by atoms with van der Waals surface area (Å²) in [6, 6.07) is 10.1. The monoisotopic (exact) mass is 788 g/mol. The van der Waals surface area contributed by atoms with E-state index in [9.17, 15) is 14.4 Å². The lowest BCUT2D eigenvalue weighted by molar-refractivity contribution is 0.0991. The highest BCUT2D eigenvalue weighted by molar-refractivity contribution is 6.11. The van der Waals surface area contributed by atoms with Crippen molar-refractivity contribution in [1.82, 2.24) is 43.5 Å². The number of methoxy groups -OCH3 is 2. The summed E-state index contributed by atoms with van der Waals surface area (Å²) < 4.78 is 24.3. The van der Waals surface area contributed by atoms with Crippen molar-refractivity contribution < 1.29 is 28.6 Å². The first kappa shape index (κ1) is 39.2. The number of amides is 3. The number of hydrogen-bond acceptors (Lipinski definition) is 11. The van der Waals surface area contributed by atoms with Gasteiger partial charge in [-0.3, -0.25) is 28.1 Å². The number of nitrogens with two attached hydrogens (primary N) is 2. The highest BCUT2D eigenvalue weighted by Gasteiger charge is 2.23. The topological polar surface area (TPSA) is 227 Å². The summed E-state index contributed by atoms with van der Waals surface area (Å²) in [6.45, 7) is 9.52. The third kappa shape index (κ3) is 7.32. The van der Waals surface area contributed by atoms with E-state index in [4.69, 9.17) is 40.6 Å². The average molecular weight is 789 g/mol. The fourth-order valence-corrected chi connectivity index (χ4v) is 7.01. The number of benzene rings is 1. The normalized spacial score (nSPS) is 11.7. The molecule has 0 unspecified atom stereocenters. The van der Waals surface area contributed by atoms with Crippen LogP contribution in [0.4, 0.5) is 5.82 Å². The first-order chi connectivity index (χ1) is 28.0. The fraction of sp³-hybridized carbons (Fsp3) is 0.300. The second-order valence-electron chi connectivity index (χ2n) is 13.5. The number of fused-ring (bicyclic) bond motifs is 4. The number of anilines is 1. The molecule has 0 radical (unpaired) electrons. The molecule has 3 amide bonds. The van der Waals surface area contributed by atoms with Gasteiger partial charge >= 0.3 is 0 Å². The maximum absolute atomic E-state index is 13.7. The summed E-state index contributed by atoms with van der Waals surface area (Å²) in [6.07, 6.45) is 5.87. The molecule has 0 fully saturated rings. The lowest BCUT2D eigenvalue weighted by atomic mass is 10.1. The zero-order valence-electron chi connectivity index (χ0n) is 33.1. The van der Waals surface area contributed by atoms with Crippen molar-refractivity contribution in [2.75, 3.05) is 32.8 Å². The van der Waals surface area contributed by atoms with Crippen molar-refractivity contribution in [3.05, 3.63) is 88.6 Å². The number of primary amides is 2. The van der Waals surface area contributed by atoms with Crippen LogP contribution < -0.4 is 26.3 Å². The molecule has 0 aliphatic heterocycles. The molecule has 300 valence electrons. The molecule has 18 nitrogen and oxygen atoms in total. The van der Waals surface area contributed by atoms with Crippen molar-refractivity contribution in [2.24, 2.45) is 11.5 Å². The van der Waals surface area contributed by atoms with Crippen molar-refractivity contribution >= 4 is 51.1 Å². The van der Waals surface area contributed by atoms with E-state index < -0.39 is 17.7 Å². The fourth-order valence-electron chi connectivity index (χ4n) is 7.01. The molecule has 1 aromatic carbocycles. The number of nitrogens with zero attached hydrogens (tertiary/aromatic N) is 9. The molecular formula is C40H44N12O6. The Kier molecular flexibility index (Phi) is 10.9. The molecule has 6 aromatic heterocycles. The van der Waals surface area contributed by atoms with E-state index in [2.05, 4.69) is 15.5 Å². The molecule has 0 bridgehead atoms. The summed E-state index contributed by atoms with van der Waals surface area (Å²) >= 11 is 0. The number of imidazole rings is 1. The van der Waals surface area contributed by atoms with Crippen LogP contribution in [0.3, 0.4) is 0 Å². The van der Waals surface area contributed by atoms with Gasteiger partial charge in [-0.05, 0) is 58.0 Å². The molecule has 5 N–H and O–H groups in total. The van der Waals surface area contributed by atoms with Crippen LogP contribution >= 0.6 is 0 Å². The highest BCUT2D eigenvalue weighted by Crippen LogP contribution is 2.36. The van der Waals surface area contributed by atoms with Crippen LogP contribution in [0, 0.1) is 13.8 Å². The minimum absolute atomic E-state index is 0.174. The molecule has 0 aliphatic rings. The van der Waals surface area contributed by atoms with E-state index in [-0.39, 0.29) is 42.5 Å². The predicted octanol–water partition coefficient (Wildman–Crippen LogP) is 4.23. The quantitative estimate of drug-likeness (QED) is 0.0928. The molecule has 58 heavy (non-hydrogen) atoms. The number of aryl methyl sites for hydroxylation is 4. The minimum atomic E-state index is -0.665. The number of carbonyl (C=O) groups is 3. The largest absolute Gasteiger partial charge is 0.495 e. The van der Waals surface area contributed by atoms with Crippen molar-refractivity contribution in [3.63, 3.8) is 0 Å². The maximum Gasteiger partial charge on any atom is 0.275 e. The average Bonchev–Trinajstić information content (AvgIpc) is 3.97. The maximum atomic E-state index is 13.7. The Hall–Kier alpha value is -7.08. The molecule has 7 aromatic rings. The van der Waals surface area contributed by atoms with Gasteiger partial charge < -0.3 is 35.6 Å². The van der Waals surface area contributed by atoms with Crippen molar-refractivity contribution in [2.45, 2.75) is 53.8 Å². The Morgan fingerprint density at radius 1 is 0.845 bits per heavy atom. The zero-order valence-corrected chi connectivity index (χ0v) is 33.1. The first-order valence-electron chi connectivity index (χ1n) is 18.6. The summed E-state index contributed by atoms with van der Waals surface area (Å²) in [5.74, 6) is -0.202. The smallest absolute Gasteiger partial charge is 0.275 e. The van der Waals surface area contributed by atoms with Gasteiger partial charge in [-0.1, -0.05) is 12.2 Å². The van der Waals surface area contributed by atoms with Gasteiger partial charge in [0.05, 0.1) is 36.3 Å². The van der Waals surface area contributed by atoms with E-state index >= 15 is 0 Å². The predicted molar refractivity (Wildman–Crippen MR) is 216 cm³/mol. The van der Waals surface area contributed by atoms with Gasteiger partial charge in [0.25, 0.3) is 5.91 Å². The molecule has 0 saturated heterocycles. The zero-order chi connectivity index (χ0) is 41.2. The Labute approximate surface area is 332 Å². The van der Waals surface area contributed by atoms with E-state index in [0.717, 1.165) is 11.4 Å². The van der Waals surface area contributed by atoms with Crippen LogP contribution in [0.5, 0.6) is 11.6 Å². The second kappa shape index (κ2) is 16.2. The van der Waals surface area contributed by atoms with Crippen LogP contribution in [0.25, 0.3) is 39.1 Å². The molecule has 0 spiro atoms. The molecule has 18 heteroatoms. The Morgan fingerprint density at radius 2 is 1.57 bits per heavy atom. The first-order valence-corrected chi connectivity index (χ1v) is 18.6. The van der Waals surface area contributed by atoms with E-state index in [1.165, 1.54) is 13.2 Å². The van der Waals surface area contributed by atoms with Gasteiger partial charge in [-0.2, -0.15) is 10.2 Å². The van der Waals surface area contributed by atoms with Crippen molar-refractivity contribution in [1.29, 1.82) is 0 Å². The Balaban J connectivity index is 1.33. The summed E-state index contributed by atoms with van der Waals surface area (Å²) in [5, 5.41) is 13.4.